The monoisotopic (exact) mass is 292 g/mol. The number of carbonyl (C=O) groups is 1. The molecule has 0 atom stereocenters. The molecule has 98 valence electrons. The maximum absolute atomic E-state index is 10.9. The molecule has 0 saturated carbocycles. The van der Waals surface area contributed by atoms with Gasteiger partial charge in [0.15, 0.2) is 0 Å². The zero-order chi connectivity index (χ0) is 14.0. The summed E-state index contributed by atoms with van der Waals surface area (Å²) >= 11 is 7.52. The van der Waals surface area contributed by atoms with Gasteiger partial charge in [0.1, 0.15) is 0 Å². The van der Waals surface area contributed by atoms with Crippen molar-refractivity contribution >= 4 is 29.3 Å². The molecule has 0 fully saturated rings. The van der Waals surface area contributed by atoms with Gasteiger partial charge in [0.05, 0.1) is 10.6 Å². The van der Waals surface area contributed by atoms with Crippen LogP contribution in [0.1, 0.15) is 21.5 Å². The van der Waals surface area contributed by atoms with Crippen LogP contribution in [0.3, 0.4) is 0 Å². The second kappa shape index (κ2) is 5.68. The minimum Gasteiger partial charge on any atom is -0.478 e. The Morgan fingerprint density at radius 3 is 2.26 bits per heavy atom. The predicted molar refractivity (Wildman–Crippen MR) is 78.5 cm³/mol. The Morgan fingerprint density at radius 2 is 1.68 bits per heavy atom. The molecular formula is C15H13ClO2S. The lowest BCUT2D eigenvalue weighted by molar-refractivity contribution is 0.0697. The van der Waals surface area contributed by atoms with Crippen molar-refractivity contribution in [3.05, 3.63) is 58.1 Å². The van der Waals surface area contributed by atoms with Crippen LogP contribution < -0.4 is 0 Å². The fourth-order valence-electron chi connectivity index (χ4n) is 1.65. The van der Waals surface area contributed by atoms with E-state index in [9.17, 15) is 4.79 Å². The molecule has 2 nitrogen and oxygen atoms in total. The average Bonchev–Trinajstić information content (AvgIpc) is 2.33. The van der Waals surface area contributed by atoms with Gasteiger partial charge in [0.2, 0.25) is 0 Å². The van der Waals surface area contributed by atoms with Crippen molar-refractivity contribution in [2.24, 2.45) is 0 Å². The molecule has 19 heavy (non-hydrogen) atoms. The van der Waals surface area contributed by atoms with Gasteiger partial charge >= 0.3 is 5.97 Å². The number of halogens is 1. The van der Waals surface area contributed by atoms with Gasteiger partial charge in [-0.2, -0.15) is 0 Å². The standard InChI is InChI=1S/C15H13ClO2S/c1-9-3-4-11(7-10(9)2)19-12-5-6-13(15(17)18)14(16)8-12/h3-8H,1-2H3,(H,17,18). The summed E-state index contributed by atoms with van der Waals surface area (Å²) in [5.74, 6) is -1.01. The van der Waals surface area contributed by atoms with Crippen molar-refractivity contribution in [1.29, 1.82) is 0 Å². The maximum atomic E-state index is 10.9. The van der Waals surface area contributed by atoms with Crippen LogP contribution >= 0.6 is 23.4 Å². The maximum Gasteiger partial charge on any atom is 0.337 e. The zero-order valence-corrected chi connectivity index (χ0v) is 12.2. The van der Waals surface area contributed by atoms with Gasteiger partial charge in [-0.1, -0.05) is 29.4 Å². The number of aryl methyl sites for hydroxylation is 2. The molecule has 0 aliphatic rings. The number of aromatic carboxylic acids is 1. The van der Waals surface area contributed by atoms with Crippen LogP contribution in [0.5, 0.6) is 0 Å². The predicted octanol–water partition coefficient (Wildman–Crippen LogP) is 4.81. The Labute approximate surface area is 121 Å². The largest absolute Gasteiger partial charge is 0.478 e. The van der Waals surface area contributed by atoms with Crippen molar-refractivity contribution < 1.29 is 9.90 Å². The summed E-state index contributed by atoms with van der Waals surface area (Å²) in [6.45, 7) is 4.14. The lowest BCUT2D eigenvalue weighted by atomic mass is 10.1. The molecule has 0 radical (unpaired) electrons. The highest BCUT2D eigenvalue weighted by molar-refractivity contribution is 7.99. The summed E-state index contributed by atoms with van der Waals surface area (Å²) in [5, 5.41) is 9.19. The molecule has 0 bridgehead atoms. The van der Waals surface area contributed by atoms with E-state index in [2.05, 4.69) is 26.0 Å². The van der Waals surface area contributed by atoms with Crippen molar-refractivity contribution in [2.75, 3.05) is 0 Å². The fourth-order valence-corrected chi connectivity index (χ4v) is 2.93. The third-order valence-electron chi connectivity index (χ3n) is 2.89. The molecule has 0 aliphatic carbocycles. The Balaban J connectivity index is 2.26. The number of hydrogen-bond acceptors (Lipinski definition) is 2. The molecule has 1 N–H and O–H groups in total. The fraction of sp³-hybridized carbons (Fsp3) is 0.133. The summed E-state index contributed by atoms with van der Waals surface area (Å²) in [6, 6.07) is 11.2. The summed E-state index contributed by atoms with van der Waals surface area (Å²) < 4.78 is 0. The summed E-state index contributed by atoms with van der Waals surface area (Å²) in [7, 11) is 0. The van der Waals surface area contributed by atoms with E-state index >= 15 is 0 Å². The smallest absolute Gasteiger partial charge is 0.337 e. The van der Waals surface area contributed by atoms with E-state index in [1.807, 2.05) is 6.07 Å². The van der Waals surface area contributed by atoms with Crippen LogP contribution in [0.2, 0.25) is 5.02 Å². The summed E-state index contributed by atoms with van der Waals surface area (Å²) in [4.78, 5) is 12.9. The van der Waals surface area contributed by atoms with Gasteiger partial charge < -0.3 is 5.11 Å². The molecule has 4 heteroatoms. The lowest BCUT2D eigenvalue weighted by Gasteiger charge is -2.06. The van der Waals surface area contributed by atoms with Crippen molar-refractivity contribution in [1.82, 2.24) is 0 Å². The molecular weight excluding hydrogens is 280 g/mol. The van der Waals surface area contributed by atoms with Crippen LogP contribution in [0, 0.1) is 13.8 Å². The molecule has 0 unspecified atom stereocenters. The SMILES string of the molecule is Cc1ccc(Sc2ccc(C(=O)O)c(Cl)c2)cc1C. The topological polar surface area (TPSA) is 37.3 Å². The Bertz CT molecular complexity index is 638. The molecule has 2 aromatic rings. The molecule has 2 rings (SSSR count). The summed E-state index contributed by atoms with van der Waals surface area (Å²) in [6.07, 6.45) is 0. The Kier molecular flexibility index (Phi) is 4.17. The molecule has 0 saturated heterocycles. The third kappa shape index (κ3) is 3.31. The van der Waals surface area contributed by atoms with Gasteiger partial charge in [-0.3, -0.25) is 0 Å². The molecule has 2 aromatic carbocycles. The lowest BCUT2D eigenvalue weighted by Crippen LogP contribution is -1.96. The minimum atomic E-state index is -1.01. The van der Waals surface area contributed by atoms with Gasteiger partial charge in [0.25, 0.3) is 0 Å². The minimum absolute atomic E-state index is 0.131. The molecule has 0 spiro atoms. The van der Waals surface area contributed by atoms with E-state index in [-0.39, 0.29) is 10.6 Å². The first-order valence-electron chi connectivity index (χ1n) is 5.75. The highest BCUT2D eigenvalue weighted by Gasteiger charge is 2.09. The van der Waals surface area contributed by atoms with Gasteiger partial charge in [-0.15, -0.1) is 0 Å². The van der Waals surface area contributed by atoms with Crippen LogP contribution in [0.25, 0.3) is 0 Å². The van der Waals surface area contributed by atoms with E-state index in [0.717, 1.165) is 9.79 Å². The van der Waals surface area contributed by atoms with Gasteiger partial charge in [-0.05, 0) is 55.3 Å². The number of benzene rings is 2. The first kappa shape index (κ1) is 14.0. The first-order valence-corrected chi connectivity index (χ1v) is 6.95. The van der Waals surface area contributed by atoms with Crippen LogP contribution in [-0.4, -0.2) is 11.1 Å². The van der Waals surface area contributed by atoms with Gasteiger partial charge in [-0.25, -0.2) is 4.79 Å². The quantitative estimate of drug-likeness (QED) is 0.882. The second-order valence-electron chi connectivity index (χ2n) is 4.29. The average molecular weight is 293 g/mol. The number of carboxylic acid groups (broad SMARTS) is 1. The third-order valence-corrected chi connectivity index (χ3v) is 4.18. The van der Waals surface area contributed by atoms with Crippen LogP contribution in [0.4, 0.5) is 0 Å². The second-order valence-corrected chi connectivity index (χ2v) is 5.85. The van der Waals surface area contributed by atoms with Crippen molar-refractivity contribution in [2.45, 2.75) is 23.6 Å². The molecule has 0 heterocycles. The zero-order valence-electron chi connectivity index (χ0n) is 10.6. The number of carboxylic acids is 1. The Hall–Kier alpha value is -1.45. The highest BCUT2D eigenvalue weighted by Crippen LogP contribution is 2.31. The van der Waals surface area contributed by atoms with E-state index in [4.69, 9.17) is 16.7 Å². The van der Waals surface area contributed by atoms with E-state index in [1.54, 1.807) is 23.9 Å². The van der Waals surface area contributed by atoms with E-state index < -0.39 is 5.97 Å². The normalized spacial score (nSPS) is 10.5. The highest BCUT2D eigenvalue weighted by atomic mass is 35.5. The van der Waals surface area contributed by atoms with Crippen LogP contribution in [0.15, 0.2) is 46.2 Å². The van der Waals surface area contributed by atoms with E-state index in [1.165, 1.54) is 17.2 Å². The van der Waals surface area contributed by atoms with Crippen molar-refractivity contribution in [3.63, 3.8) is 0 Å². The molecule has 0 aromatic heterocycles. The number of rotatable bonds is 3. The Morgan fingerprint density at radius 1 is 1.05 bits per heavy atom. The number of hydrogen-bond donors (Lipinski definition) is 1. The van der Waals surface area contributed by atoms with Crippen LogP contribution in [-0.2, 0) is 0 Å². The summed E-state index contributed by atoms with van der Waals surface area (Å²) in [5.41, 5.74) is 2.62. The first-order chi connectivity index (χ1) is 8.97. The van der Waals surface area contributed by atoms with E-state index in [0.29, 0.717) is 0 Å². The van der Waals surface area contributed by atoms with Crippen molar-refractivity contribution in [3.8, 4) is 0 Å². The molecule has 0 aliphatic heterocycles. The van der Waals surface area contributed by atoms with Gasteiger partial charge in [0, 0.05) is 9.79 Å². The molecule has 0 amide bonds.